The highest BCUT2D eigenvalue weighted by Gasteiger charge is 2.28. The number of anilines is 2. The number of hydrogen-bond donors (Lipinski definition) is 2. The Morgan fingerprint density at radius 1 is 1.21 bits per heavy atom. The number of carbonyl (C=O) groups excluding carboxylic acids is 2. The minimum absolute atomic E-state index is 0.00137. The summed E-state index contributed by atoms with van der Waals surface area (Å²) in [4.78, 5) is 26.2. The maximum absolute atomic E-state index is 13.1. The van der Waals surface area contributed by atoms with Gasteiger partial charge in [0, 0.05) is 18.8 Å². The molecule has 2 aliphatic rings. The summed E-state index contributed by atoms with van der Waals surface area (Å²) in [5.41, 5.74) is 2.33. The Balaban J connectivity index is 1.71. The molecular formula is C20H20ClN3O4S. The molecule has 0 unspecified atom stereocenters. The van der Waals surface area contributed by atoms with Crippen molar-refractivity contribution < 1.29 is 18.0 Å². The van der Waals surface area contributed by atoms with Crippen LogP contribution in [0, 0.1) is 6.92 Å². The van der Waals surface area contributed by atoms with Gasteiger partial charge in [-0.3, -0.25) is 14.3 Å². The number of carbonyl (C=O) groups is 2. The molecule has 4 rings (SSSR count). The van der Waals surface area contributed by atoms with Gasteiger partial charge in [0.05, 0.1) is 22.7 Å². The van der Waals surface area contributed by atoms with E-state index in [0.29, 0.717) is 35.5 Å². The maximum Gasteiger partial charge on any atom is 0.263 e. The zero-order chi connectivity index (χ0) is 20.8. The number of hydrogen-bond acceptors (Lipinski definition) is 4. The molecule has 2 N–H and O–H groups in total. The molecule has 0 saturated carbocycles. The second-order valence-corrected chi connectivity index (χ2v) is 9.33. The minimum Gasteiger partial charge on any atom is -0.339 e. The minimum atomic E-state index is -4.07. The van der Waals surface area contributed by atoms with Crippen LogP contribution in [0.4, 0.5) is 11.4 Å². The van der Waals surface area contributed by atoms with E-state index in [2.05, 4.69) is 10.0 Å². The normalized spacial score (nSPS) is 15.9. The highest BCUT2D eigenvalue weighted by atomic mass is 35.5. The molecule has 7 nitrogen and oxygen atoms in total. The largest absolute Gasteiger partial charge is 0.339 e. The molecule has 2 aromatic rings. The molecular weight excluding hydrogens is 414 g/mol. The summed E-state index contributed by atoms with van der Waals surface area (Å²) >= 11 is 6.20. The first-order valence-corrected chi connectivity index (χ1v) is 11.2. The Morgan fingerprint density at radius 2 is 1.93 bits per heavy atom. The smallest absolute Gasteiger partial charge is 0.263 e. The standard InChI is InChI=1S/C20H20ClN3O4S/c1-12-5-4-6-15(19(12)20(26)24-7-2-3-8-24)23-29(27,28)17-9-13-10-18(25)22-16(13)11-14(17)21/h4-6,9,11,23H,2-3,7-8,10H2,1H3,(H,22,25). The molecule has 152 valence electrons. The monoisotopic (exact) mass is 433 g/mol. The molecule has 0 radical (unpaired) electrons. The molecule has 0 aromatic heterocycles. The molecule has 0 atom stereocenters. The average molecular weight is 434 g/mol. The number of nitrogens with zero attached hydrogens (tertiary/aromatic N) is 1. The van der Waals surface area contributed by atoms with Gasteiger partial charge in [0.1, 0.15) is 4.90 Å². The van der Waals surface area contributed by atoms with Crippen LogP contribution in [-0.2, 0) is 21.2 Å². The average Bonchev–Trinajstić information content (AvgIpc) is 3.29. The Kier molecular flexibility index (Phi) is 5.00. The number of benzene rings is 2. The van der Waals surface area contributed by atoms with Gasteiger partial charge in [0.15, 0.2) is 0 Å². The van der Waals surface area contributed by atoms with Crippen molar-refractivity contribution in [2.45, 2.75) is 31.1 Å². The lowest BCUT2D eigenvalue weighted by atomic mass is 10.1. The number of rotatable bonds is 4. The van der Waals surface area contributed by atoms with Crippen LogP contribution in [0.15, 0.2) is 35.2 Å². The predicted octanol–water partition coefficient (Wildman–Crippen LogP) is 3.18. The summed E-state index contributed by atoms with van der Waals surface area (Å²) in [6.07, 6.45) is 1.98. The van der Waals surface area contributed by atoms with Crippen LogP contribution in [0.1, 0.15) is 34.3 Å². The highest BCUT2D eigenvalue weighted by Crippen LogP contribution is 2.34. The lowest BCUT2D eigenvalue weighted by Crippen LogP contribution is -2.29. The topological polar surface area (TPSA) is 95.6 Å². The van der Waals surface area contributed by atoms with E-state index < -0.39 is 10.0 Å². The zero-order valence-electron chi connectivity index (χ0n) is 15.8. The molecule has 29 heavy (non-hydrogen) atoms. The second-order valence-electron chi connectivity index (χ2n) is 7.27. The van der Waals surface area contributed by atoms with Crippen LogP contribution >= 0.6 is 11.6 Å². The first-order chi connectivity index (χ1) is 13.8. The van der Waals surface area contributed by atoms with Crippen molar-refractivity contribution in [3.8, 4) is 0 Å². The van der Waals surface area contributed by atoms with E-state index >= 15 is 0 Å². The Hall–Kier alpha value is -2.58. The molecule has 0 spiro atoms. The third-order valence-electron chi connectivity index (χ3n) is 5.20. The Morgan fingerprint density at radius 3 is 2.66 bits per heavy atom. The summed E-state index contributed by atoms with van der Waals surface area (Å²) in [7, 11) is -4.07. The summed E-state index contributed by atoms with van der Waals surface area (Å²) < 4.78 is 28.7. The molecule has 0 bridgehead atoms. The van der Waals surface area contributed by atoms with Gasteiger partial charge in [-0.15, -0.1) is 0 Å². The van der Waals surface area contributed by atoms with Gasteiger partial charge in [0.25, 0.3) is 15.9 Å². The molecule has 9 heteroatoms. The maximum atomic E-state index is 13.1. The van der Waals surface area contributed by atoms with E-state index in [1.807, 2.05) is 0 Å². The number of aryl methyl sites for hydroxylation is 1. The van der Waals surface area contributed by atoms with Crippen LogP contribution < -0.4 is 10.0 Å². The quantitative estimate of drug-likeness (QED) is 0.774. The summed E-state index contributed by atoms with van der Waals surface area (Å²) in [5.74, 6) is -0.399. The van der Waals surface area contributed by atoms with Gasteiger partial charge in [0.2, 0.25) is 5.91 Å². The van der Waals surface area contributed by atoms with Gasteiger partial charge in [-0.1, -0.05) is 23.7 Å². The SMILES string of the molecule is Cc1cccc(NS(=O)(=O)c2cc3c(cc2Cl)NC(=O)C3)c1C(=O)N1CCCC1. The summed E-state index contributed by atoms with van der Waals surface area (Å²) in [6, 6.07) is 7.88. The van der Waals surface area contributed by atoms with E-state index in [1.165, 1.54) is 12.1 Å². The molecule has 2 amide bonds. The summed E-state index contributed by atoms with van der Waals surface area (Å²) in [5, 5.41) is 2.64. The van der Waals surface area contributed by atoms with Crippen molar-refractivity contribution in [2.24, 2.45) is 0 Å². The first kappa shape index (κ1) is 19.7. The molecule has 2 aromatic carbocycles. The van der Waals surface area contributed by atoms with Crippen molar-refractivity contribution in [1.82, 2.24) is 4.90 Å². The lowest BCUT2D eigenvalue weighted by Gasteiger charge is -2.20. The van der Waals surface area contributed by atoms with Crippen molar-refractivity contribution in [2.75, 3.05) is 23.1 Å². The van der Waals surface area contributed by atoms with Crippen molar-refractivity contribution in [3.05, 3.63) is 52.0 Å². The Bertz CT molecular complexity index is 1120. The number of halogens is 1. The van der Waals surface area contributed by atoms with E-state index in [4.69, 9.17) is 11.6 Å². The van der Waals surface area contributed by atoms with Crippen LogP contribution in [-0.4, -0.2) is 38.2 Å². The number of fused-ring (bicyclic) bond motifs is 1. The number of amides is 2. The molecule has 2 heterocycles. The van der Waals surface area contributed by atoms with Crippen LogP contribution in [0.5, 0.6) is 0 Å². The number of nitrogens with one attached hydrogen (secondary N) is 2. The van der Waals surface area contributed by atoms with Gasteiger partial charge in [-0.25, -0.2) is 8.42 Å². The fourth-order valence-electron chi connectivity index (χ4n) is 3.75. The van der Waals surface area contributed by atoms with E-state index in [-0.39, 0.29) is 33.8 Å². The van der Waals surface area contributed by atoms with E-state index in [0.717, 1.165) is 12.8 Å². The van der Waals surface area contributed by atoms with Crippen LogP contribution in [0.2, 0.25) is 5.02 Å². The van der Waals surface area contributed by atoms with Gasteiger partial charge >= 0.3 is 0 Å². The predicted molar refractivity (Wildman–Crippen MR) is 111 cm³/mol. The fourth-order valence-corrected chi connectivity index (χ4v) is 5.40. The Labute approximate surface area is 174 Å². The van der Waals surface area contributed by atoms with Crippen molar-refractivity contribution >= 4 is 44.8 Å². The van der Waals surface area contributed by atoms with Crippen LogP contribution in [0.3, 0.4) is 0 Å². The molecule has 2 aliphatic heterocycles. The van der Waals surface area contributed by atoms with Crippen molar-refractivity contribution in [1.29, 1.82) is 0 Å². The number of sulfonamides is 1. The van der Waals surface area contributed by atoms with Crippen molar-refractivity contribution in [3.63, 3.8) is 0 Å². The third-order valence-corrected chi connectivity index (χ3v) is 7.03. The molecule has 0 aliphatic carbocycles. The van der Waals surface area contributed by atoms with E-state index in [1.54, 1.807) is 30.0 Å². The van der Waals surface area contributed by atoms with Gasteiger partial charge in [-0.2, -0.15) is 0 Å². The third kappa shape index (κ3) is 3.70. The van der Waals surface area contributed by atoms with Crippen LogP contribution in [0.25, 0.3) is 0 Å². The molecule has 1 fully saturated rings. The van der Waals surface area contributed by atoms with E-state index in [9.17, 15) is 18.0 Å². The van der Waals surface area contributed by atoms with Gasteiger partial charge in [-0.05, 0) is 49.1 Å². The second kappa shape index (κ2) is 7.35. The van der Waals surface area contributed by atoms with Gasteiger partial charge < -0.3 is 10.2 Å². The molecule has 1 saturated heterocycles. The fraction of sp³-hybridized carbons (Fsp3) is 0.300. The zero-order valence-corrected chi connectivity index (χ0v) is 17.4. The highest BCUT2D eigenvalue weighted by molar-refractivity contribution is 7.92. The number of likely N-dealkylation sites (tertiary alicyclic amines) is 1. The summed E-state index contributed by atoms with van der Waals surface area (Å²) in [6.45, 7) is 3.11. The first-order valence-electron chi connectivity index (χ1n) is 9.30. The lowest BCUT2D eigenvalue weighted by molar-refractivity contribution is -0.115.